The molecule has 0 saturated carbocycles. The van der Waals surface area contributed by atoms with E-state index in [9.17, 15) is 14.4 Å². The number of nitrogens with one attached hydrogen (secondary N) is 1. The second-order valence-electron chi connectivity index (χ2n) is 9.35. The van der Waals surface area contributed by atoms with Crippen LogP contribution < -0.4 is 15.0 Å². The van der Waals surface area contributed by atoms with E-state index in [1.165, 1.54) is 11.1 Å². The van der Waals surface area contributed by atoms with Crippen LogP contribution in [0.3, 0.4) is 0 Å². The molecule has 2 aliphatic heterocycles. The summed E-state index contributed by atoms with van der Waals surface area (Å²) >= 11 is 0. The van der Waals surface area contributed by atoms with Gasteiger partial charge >= 0.3 is 6.03 Å². The van der Waals surface area contributed by atoms with Crippen LogP contribution in [0.25, 0.3) is 0 Å². The largest absolute Gasteiger partial charge is 0.497 e. The second kappa shape index (κ2) is 8.66. The molecule has 4 amide bonds. The molecule has 0 radical (unpaired) electrons. The molecule has 8 nitrogen and oxygen atoms in total. The highest BCUT2D eigenvalue weighted by molar-refractivity contribution is 6.09. The van der Waals surface area contributed by atoms with Crippen molar-refractivity contribution in [1.29, 1.82) is 0 Å². The van der Waals surface area contributed by atoms with Crippen molar-refractivity contribution in [3.05, 3.63) is 59.2 Å². The average Bonchev–Trinajstić information content (AvgIpc) is 3.42. The Labute approximate surface area is 199 Å². The standard InChI is InChI=1S/C26H30N4O4/c1-26(20-7-6-18-4-3-5-19(18)16-20)24(32)30(25(33)27-26)17-23(31)29-14-12-28(13-15-29)21-8-10-22(34-2)11-9-21/h6-11,16H,3-5,12-15,17H2,1-2H3,(H,27,33). The fraction of sp³-hybridized carbons (Fsp3) is 0.423. The summed E-state index contributed by atoms with van der Waals surface area (Å²) in [5, 5.41) is 2.83. The Morgan fingerprint density at radius 1 is 1.00 bits per heavy atom. The number of amides is 4. The molecule has 1 atom stereocenters. The van der Waals surface area contributed by atoms with Crippen molar-refractivity contribution in [3.8, 4) is 5.75 Å². The Morgan fingerprint density at radius 3 is 2.41 bits per heavy atom. The smallest absolute Gasteiger partial charge is 0.325 e. The van der Waals surface area contributed by atoms with Crippen molar-refractivity contribution in [2.24, 2.45) is 0 Å². The maximum absolute atomic E-state index is 13.3. The number of fused-ring (bicyclic) bond motifs is 1. The first-order chi connectivity index (χ1) is 16.4. The molecule has 0 bridgehead atoms. The normalized spacial score (nSPS) is 22.1. The lowest BCUT2D eigenvalue weighted by molar-refractivity contribution is -0.139. The van der Waals surface area contributed by atoms with E-state index in [2.05, 4.69) is 16.3 Å². The Bertz CT molecular complexity index is 1120. The first-order valence-electron chi connectivity index (χ1n) is 11.8. The molecule has 0 spiro atoms. The molecule has 3 aliphatic rings. The third kappa shape index (κ3) is 3.87. The topological polar surface area (TPSA) is 82.2 Å². The number of piperazine rings is 1. The number of ether oxygens (including phenoxy) is 1. The van der Waals surface area contributed by atoms with Gasteiger partial charge in [0.1, 0.15) is 17.8 Å². The molecule has 34 heavy (non-hydrogen) atoms. The van der Waals surface area contributed by atoms with Gasteiger partial charge in [-0.1, -0.05) is 18.2 Å². The van der Waals surface area contributed by atoms with Gasteiger partial charge in [0.2, 0.25) is 5.91 Å². The maximum Gasteiger partial charge on any atom is 0.325 e. The Hall–Kier alpha value is -3.55. The van der Waals surface area contributed by atoms with Gasteiger partial charge in [0, 0.05) is 31.9 Å². The van der Waals surface area contributed by atoms with Crippen LogP contribution in [0.2, 0.25) is 0 Å². The minimum Gasteiger partial charge on any atom is -0.497 e. The van der Waals surface area contributed by atoms with E-state index in [1.807, 2.05) is 36.4 Å². The van der Waals surface area contributed by atoms with Crippen LogP contribution in [-0.4, -0.2) is 67.5 Å². The van der Waals surface area contributed by atoms with Gasteiger partial charge in [0.05, 0.1) is 7.11 Å². The molecule has 2 heterocycles. The number of anilines is 1. The molecule has 8 heteroatoms. The first-order valence-corrected chi connectivity index (χ1v) is 11.8. The third-order valence-electron chi connectivity index (χ3n) is 7.31. The van der Waals surface area contributed by atoms with E-state index in [0.29, 0.717) is 26.2 Å². The quantitative estimate of drug-likeness (QED) is 0.690. The SMILES string of the molecule is COc1ccc(N2CCN(C(=O)CN3C(=O)NC(C)(c4ccc5c(c4)CCC5)C3=O)CC2)cc1. The molecule has 2 aromatic rings. The van der Waals surface area contributed by atoms with E-state index in [1.54, 1.807) is 18.9 Å². The van der Waals surface area contributed by atoms with Crippen molar-refractivity contribution >= 4 is 23.5 Å². The van der Waals surface area contributed by atoms with Gasteiger partial charge in [-0.15, -0.1) is 0 Å². The van der Waals surface area contributed by atoms with Crippen LogP contribution in [0, 0.1) is 0 Å². The Morgan fingerprint density at radius 2 is 1.71 bits per heavy atom. The number of rotatable bonds is 5. The molecule has 0 aromatic heterocycles. The van der Waals surface area contributed by atoms with Crippen LogP contribution in [-0.2, 0) is 28.0 Å². The van der Waals surface area contributed by atoms with E-state index < -0.39 is 11.6 Å². The lowest BCUT2D eigenvalue weighted by Crippen LogP contribution is -2.52. The molecule has 2 fully saturated rings. The van der Waals surface area contributed by atoms with Gasteiger partial charge in [-0.05, 0) is 67.1 Å². The van der Waals surface area contributed by atoms with Crippen LogP contribution in [0.15, 0.2) is 42.5 Å². The zero-order valence-corrected chi connectivity index (χ0v) is 19.7. The Balaban J connectivity index is 1.22. The predicted molar refractivity (Wildman–Crippen MR) is 128 cm³/mol. The van der Waals surface area contributed by atoms with Gasteiger partial charge in [0.15, 0.2) is 0 Å². The van der Waals surface area contributed by atoms with Gasteiger partial charge in [-0.3, -0.25) is 14.5 Å². The molecule has 1 unspecified atom stereocenters. The van der Waals surface area contributed by atoms with E-state index in [4.69, 9.17) is 4.74 Å². The van der Waals surface area contributed by atoms with Crippen molar-refractivity contribution in [1.82, 2.24) is 15.1 Å². The number of benzene rings is 2. The van der Waals surface area contributed by atoms with Gasteiger partial charge in [0.25, 0.3) is 5.91 Å². The number of imide groups is 1. The van der Waals surface area contributed by atoms with Crippen LogP contribution in [0.4, 0.5) is 10.5 Å². The summed E-state index contributed by atoms with van der Waals surface area (Å²) in [5.41, 5.74) is 3.25. The van der Waals surface area contributed by atoms with Gasteiger partial charge in [-0.2, -0.15) is 0 Å². The summed E-state index contributed by atoms with van der Waals surface area (Å²) in [6.07, 6.45) is 3.16. The first kappa shape index (κ1) is 22.3. The number of aryl methyl sites for hydroxylation is 2. The predicted octanol–water partition coefficient (Wildman–Crippen LogP) is 2.30. The summed E-state index contributed by atoms with van der Waals surface area (Å²) in [5.74, 6) is 0.217. The minimum absolute atomic E-state index is 0.212. The molecule has 1 aliphatic carbocycles. The summed E-state index contributed by atoms with van der Waals surface area (Å²) in [6.45, 7) is 3.93. The number of carbonyl (C=O) groups excluding carboxylic acids is 3. The maximum atomic E-state index is 13.3. The third-order valence-corrected chi connectivity index (χ3v) is 7.31. The fourth-order valence-electron chi connectivity index (χ4n) is 5.16. The van der Waals surface area contributed by atoms with Gasteiger partial charge in [-0.25, -0.2) is 4.79 Å². The minimum atomic E-state index is -1.15. The number of carbonyl (C=O) groups is 3. The average molecular weight is 463 g/mol. The summed E-state index contributed by atoms with van der Waals surface area (Å²) < 4.78 is 5.21. The zero-order valence-electron chi connectivity index (χ0n) is 19.7. The second-order valence-corrected chi connectivity index (χ2v) is 9.35. The zero-order chi connectivity index (χ0) is 23.9. The highest BCUT2D eigenvalue weighted by Crippen LogP contribution is 2.32. The summed E-state index contributed by atoms with van der Waals surface area (Å²) in [7, 11) is 1.64. The molecular weight excluding hydrogens is 432 g/mol. The van der Waals surface area contributed by atoms with Gasteiger partial charge < -0.3 is 19.9 Å². The van der Waals surface area contributed by atoms with Crippen LogP contribution >= 0.6 is 0 Å². The van der Waals surface area contributed by atoms with Crippen molar-refractivity contribution in [3.63, 3.8) is 0 Å². The fourth-order valence-corrected chi connectivity index (χ4v) is 5.16. The van der Waals surface area contributed by atoms with E-state index >= 15 is 0 Å². The molecular formula is C26H30N4O4. The highest BCUT2D eigenvalue weighted by Gasteiger charge is 2.50. The van der Waals surface area contributed by atoms with Crippen molar-refractivity contribution < 1.29 is 19.1 Å². The molecule has 1 N–H and O–H groups in total. The highest BCUT2D eigenvalue weighted by atomic mass is 16.5. The summed E-state index contributed by atoms with van der Waals surface area (Å²) in [6, 6.07) is 13.3. The van der Waals surface area contributed by atoms with E-state index in [0.717, 1.165) is 41.2 Å². The summed E-state index contributed by atoms with van der Waals surface area (Å²) in [4.78, 5) is 44.0. The van der Waals surface area contributed by atoms with Crippen molar-refractivity contribution in [2.45, 2.75) is 31.7 Å². The molecule has 2 saturated heterocycles. The molecule has 178 valence electrons. The van der Waals surface area contributed by atoms with Crippen LogP contribution in [0.5, 0.6) is 5.75 Å². The van der Waals surface area contributed by atoms with E-state index in [-0.39, 0.29) is 18.4 Å². The lowest BCUT2D eigenvalue weighted by atomic mass is 9.89. The molecule has 5 rings (SSSR count). The van der Waals surface area contributed by atoms with Crippen LogP contribution in [0.1, 0.15) is 30.0 Å². The monoisotopic (exact) mass is 462 g/mol. The number of hydrogen-bond acceptors (Lipinski definition) is 5. The number of nitrogens with zero attached hydrogens (tertiary/aromatic N) is 3. The number of hydrogen-bond donors (Lipinski definition) is 1. The number of methoxy groups -OCH3 is 1. The Kier molecular flexibility index (Phi) is 5.67. The molecule has 2 aromatic carbocycles. The van der Waals surface area contributed by atoms with Crippen molar-refractivity contribution in [2.75, 3.05) is 44.7 Å². The lowest BCUT2D eigenvalue weighted by Gasteiger charge is -2.36. The number of urea groups is 1.